The standard InChI is InChI=1S/C11H17N3O4S/c1-14-6-9(12-8-14)19(17,18)13-7-11(10(15)16)4-2-3-5-11/h6,8,13H,2-5,7H2,1H3,(H,15,16). The topological polar surface area (TPSA) is 101 Å². The number of imidazole rings is 1. The maximum Gasteiger partial charge on any atom is 0.310 e. The lowest BCUT2D eigenvalue weighted by Gasteiger charge is -2.23. The SMILES string of the molecule is Cn1cnc(S(=O)(=O)NCC2(C(=O)O)CCCC2)c1. The van der Waals surface area contributed by atoms with Crippen LogP contribution in [0.5, 0.6) is 0 Å². The van der Waals surface area contributed by atoms with Gasteiger partial charge in [0.15, 0.2) is 5.03 Å². The molecule has 0 bridgehead atoms. The van der Waals surface area contributed by atoms with E-state index in [4.69, 9.17) is 0 Å². The van der Waals surface area contributed by atoms with Gasteiger partial charge in [0.2, 0.25) is 0 Å². The summed E-state index contributed by atoms with van der Waals surface area (Å²) in [6, 6.07) is 0. The highest BCUT2D eigenvalue weighted by Crippen LogP contribution is 2.38. The van der Waals surface area contributed by atoms with Crippen molar-refractivity contribution in [1.29, 1.82) is 0 Å². The zero-order valence-corrected chi connectivity index (χ0v) is 11.5. The van der Waals surface area contributed by atoms with E-state index < -0.39 is 21.4 Å². The highest BCUT2D eigenvalue weighted by atomic mass is 32.2. The molecule has 0 amide bonds. The maximum absolute atomic E-state index is 12.0. The van der Waals surface area contributed by atoms with Gasteiger partial charge in [0.25, 0.3) is 10.0 Å². The van der Waals surface area contributed by atoms with Crippen molar-refractivity contribution < 1.29 is 18.3 Å². The highest BCUT2D eigenvalue weighted by molar-refractivity contribution is 7.89. The van der Waals surface area contributed by atoms with E-state index in [1.807, 2.05) is 0 Å². The zero-order valence-electron chi connectivity index (χ0n) is 10.7. The second-order valence-electron chi connectivity index (χ2n) is 4.99. The lowest BCUT2D eigenvalue weighted by molar-refractivity contribution is -0.148. The van der Waals surface area contributed by atoms with Crippen LogP contribution < -0.4 is 4.72 Å². The largest absolute Gasteiger partial charge is 0.481 e. The number of carbonyl (C=O) groups is 1. The van der Waals surface area contributed by atoms with Crippen molar-refractivity contribution in [1.82, 2.24) is 14.3 Å². The quantitative estimate of drug-likeness (QED) is 0.813. The minimum Gasteiger partial charge on any atom is -0.481 e. The van der Waals surface area contributed by atoms with Gasteiger partial charge < -0.3 is 9.67 Å². The van der Waals surface area contributed by atoms with Crippen molar-refractivity contribution >= 4 is 16.0 Å². The number of aliphatic carboxylic acids is 1. The summed E-state index contributed by atoms with van der Waals surface area (Å²) in [6.07, 6.45) is 5.41. The van der Waals surface area contributed by atoms with Crippen LogP contribution in [0.3, 0.4) is 0 Å². The van der Waals surface area contributed by atoms with Crippen molar-refractivity contribution in [2.24, 2.45) is 12.5 Å². The summed E-state index contributed by atoms with van der Waals surface area (Å²) in [5.41, 5.74) is -0.970. The third-order valence-corrected chi connectivity index (χ3v) is 4.86. The third kappa shape index (κ3) is 2.79. The first-order chi connectivity index (χ1) is 8.86. The Morgan fingerprint density at radius 1 is 1.53 bits per heavy atom. The fraction of sp³-hybridized carbons (Fsp3) is 0.636. The molecule has 1 fully saturated rings. The fourth-order valence-electron chi connectivity index (χ4n) is 2.35. The molecule has 2 N–H and O–H groups in total. The number of aromatic nitrogens is 2. The number of hydrogen-bond acceptors (Lipinski definition) is 4. The Balaban J connectivity index is 2.11. The van der Waals surface area contributed by atoms with Gasteiger partial charge in [-0.15, -0.1) is 0 Å². The lowest BCUT2D eigenvalue weighted by atomic mass is 9.87. The molecule has 0 radical (unpaired) electrons. The Bertz CT molecular complexity index is 573. The molecule has 1 aliphatic rings. The van der Waals surface area contributed by atoms with Gasteiger partial charge in [-0.3, -0.25) is 4.79 Å². The molecule has 2 rings (SSSR count). The highest BCUT2D eigenvalue weighted by Gasteiger charge is 2.42. The van der Waals surface area contributed by atoms with Crippen LogP contribution in [0.15, 0.2) is 17.6 Å². The van der Waals surface area contributed by atoms with Crippen LogP contribution in [-0.2, 0) is 21.9 Å². The van der Waals surface area contributed by atoms with Gasteiger partial charge in [0.1, 0.15) is 0 Å². The molecule has 7 nitrogen and oxygen atoms in total. The van der Waals surface area contributed by atoms with Crippen molar-refractivity contribution in [2.45, 2.75) is 30.7 Å². The van der Waals surface area contributed by atoms with Crippen LogP contribution >= 0.6 is 0 Å². The number of aryl methyl sites for hydroxylation is 1. The van der Waals surface area contributed by atoms with E-state index >= 15 is 0 Å². The van der Waals surface area contributed by atoms with Crippen LogP contribution in [0.2, 0.25) is 0 Å². The number of carboxylic acids is 1. The summed E-state index contributed by atoms with van der Waals surface area (Å²) >= 11 is 0. The molecular weight excluding hydrogens is 270 g/mol. The first-order valence-corrected chi connectivity index (χ1v) is 7.55. The lowest BCUT2D eigenvalue weighted by Crippen LogP contribution is -2.41. The van der Waals surface area contributed by atoms with Gasteiger partial charge >= 0.3 is 5.97 Å². The van der Waals surface area contributed by atoms with Crippen LogP contribution in [0.25, 0.3) is 0 Å². The number of rotatable bonds is 5. The van der Waals surface area contributed by atoms with Crippen LogP contribution in [0.4, 0.5) is 0 Å². The van der Waals surface area contributed by atoms with Crippen molar-refractivity contribution in [3.63, 3.8) is 0 Å². The van der Waals surface area contributed by atoms with E-state index in [-0.39, 0.29) is 11.6 Å². The van der Waals surface area contributed by atoms with Crippen molar-refractivity contribution in [3.05, 3.63) is 12.5 Å². The van der Waals surface area contributed by atoms with Gasteiger partial charge in [-0.05, 0) is 12.8 Å². The van der Waals surface area contributed by atoms with Crippen molar-refractivity contribution in [2.75, 3.05) is 6.54 Å². The molecule has 0 atom stereocenters. The van der Waals surface area contributed by atoms with Gasteiger partial charge in [0, 0.05) is 19.8 Å². The zero-order chi connectivity index (χ0) is 14.1. The predicted molar refractivity (Wildman–Crippen MR) is 66.9 cm³/mol. The summed E-state index contributed by atoms with van der Waals surface area (Å²) in [4.78, 5) is 15.1. The minimum absolute atomic E-state index is 0.0821. The molecule has 1 aromatic heterocycles. The Kier molecular flexibility index (Phi) is 3.64. The Hall–Kier alpha value is -1.41. The summed E-state index contributed by atoms with van der Waals surface area (Å²) in [6.45, 7) is -0.0821. The number of nitrogens with zero attached hydrogens (tertiary/aromatic N) is 2. The monoisotopic (exact) mass is 287 g/mol. The summed E-state index contributed by atoms with van der Waals surface area (Å²) in [5, 5.41) is 9.19. The molecule has 8 heteroatoms. The second kappa shape index (κ2) is 4.93. The summed E-state index contributed by atoms with van der Waals surface area (Å²) in [7, 11) is -2.08. The van der Waals surface area contributed by atoms with E-state index in [2.05, 4.69) is 9.71 Å². The second-order valence-corrected chi connectivity index (χ2v) is 6.71. The van der Waals surface area contributed by atoms with E-state index in [0.717, 1.165) is 12.8 Å². The predicted octanol–water partition coefficient (Wildman–Crippen LogP) is 0.343. The molecule has 0 saturated heterocycles. The molecule has 0 spiro atoms. The average Bonchev–Trinajstić information content (AvgIpc) is 2.96. The Morgan fingerprint density at radius 3 is 2.63 bits per heavy atom. The van der Waals surface area contributed by atoms with Crippen molar-refractivity contribution in [3.8, 4) is 0 Å². The average molecular weight is 287 g/mol. The number of carboxylic acid groups (broad SMARTS) is 1. The van der Waals surface area contributed by atoms with E-state index in [1.54, 1.807) is 7.05 Å². The molecule has 1 aromatic rings. The molecular formula is C11H17N3O4S. The molecule has 1 saturated carbocycles. The Morgan fingerprint density at radius 2 is 2.16 bits per heavy atom. The molecule has 0 aliphatic heterocycles. The minimum atomic E-state index is -3.74. The summed E-state index contributed by atoms with van der Waals surface area (Å²) < 4.78 is 27.9. The molecule has 1 aliphatic carbocycles. The first kappa shape index (κ1) is 14.0. The van der Waals surface area contributed by atoms with Gasteiger partial charge in [-0.25, -0.2) is 18.1 Å². The van der Waals surface area contributed by atoms with E-state index in [0.29, 0.717) is 12.8 Å². The normalized spacial score (nSPS) is 18.6. The van der Waals surface area contributed by atoms with E-state index in [9.17, 15) is 18.3 Å². The van der Waals surface area contributed by atoms with Gasteiger partial charge in [-0.1, -0.05) is 12.8 Å². The number of sulfonamides is 1. The van der Waals surface area contributed by atoms with Crippen LogP contribution in [0, 0.1) is 5.41 Å². The molecule has 1 heterocycles. The molecule has 106 valence electrons. The Labute approximate surface area is 111 Å². The number of nitrogens with one attached hydrogen (secondary N) is 1. The third-order valence-electron chi connectivity index (χ3n) is 3.57. The molecule has 0 unspecified atom stereocenters. The molecule has 19 heavy (non-hydrogen) atoms. The fourth-order valence-corrected chi connectivity index (χ4v) is 3.46. The summed E-state index contributed by atoms with van der Waals surface area (Å²) in [5.74, 6) is -0.936. The van der Waals surface area contributed by atoms with Crippen LogP contribution in [-0.4, -0.2) is 35.6 Å². The van der Waals surface area contributed by atoms with Crippen LogP contribution in [0.1, 0.15) is 25.7 Å². The van der Waals surface area contributed by atoms with E-state index in [1.165, 1.54) is 17.1 Å². The maximum atomic E-state index is 12.0. The first-order valence-electron chi connectivity index (χ1n) is 6.07. The molecule has 0 aromatic carbocycles. The van der Waals surface area contributed by atoms with Gasteiger partial charge in [0.05, 0.1) is 11.7 Å². The van der Waals surface area contributed by atoms with Gasteiger partial charge in [-0.2, -0.15) is 0 Å². The number of hydrogen-bond donors (Lipinski definition) is 2. The smallest absolute Gasteiger partial charge is 0.310 e.